The molecule has 7 aromatic rings. The van der Waals surface area contributed by atoms with Gasteiger partial charge >= 0.3 is 5.97 Å². The number of nitrogens with zero attached hydrogens (tertiary/aromatic N) is 3. The van der Waals surface area contributed by atoms with Crippen molar-refractivity contribution < 1.29 is 19.2 Å². The standard InChI is InChI=1S/C37H26N4O4S2/c1-21(40-45-22(2)42)23-7-13-27(14-8-23)41-32-17-11-25(19-29(32)30-20-26(36(38)44)12-18-33(30)41)35(43)24-9-15-28(16-10-24)46-37-39-31-5-3-4-6-34(31)47-37/h3-20H,1-2H3,(H2,38,44). The molecule has 0 unspecified atom stereocenters. The first-order valence-corrected chi connectivity index (χ1v) is 16.3. The Kier molecular flexibility index (Phi) is 7.88. The van der Waals surface area contributed by atoms with Crippen molar-refractivity contribution in [2.24, 2.45) is 10.9 Å². The van der Waals surface area contributed by atoms with Crippen LogP contribution in [-0.4, -0.2) is 32.9 Å². The van der Waals surface area contributed by atoms with Gasteiger partial charge in [-0.2, -0.15) is 0 Å². The molecule has 5 aromatic carbocycles. The zero-order valence-electron chi connectivity index (χ0n) is 25.3. The zero-order chi connectivity index (χ0) is 32.7. The van der Waals surface area contributed by atoms with E-state index in [0.29, 0.717) is 22.4 Å². The fourth-order valence-corrected chi connectivity index (χ4v) is 7.51. The summed E-state index contributed by atoms with van der Waals surface area (Å²) < 4.78 is 4.15. The average molecular weight is 655 g/mol. The fraction of sp³-hybridized carbons (Fsp3) is 0.0541. The van der Waals surface area contributed by atoms with Gasteiger partial charge in [-0.3, -0.25) is 9.59 Å². The van der Waals surface area contributed by atoms with Crippen LogP contribution in [0.15, 0.2) is 124 Å². The van der Waals surface area contributed by atoms with E-state index < -0.39 is 11.9 Å². The largest absolute Gasteiger partial charge is 0.366 e. The van der Waals surface area contributed by atoms with Crippen molar-refractivity contribution in [1.29, 1.82) is 0 Å². The van der Waals surface area contributed by atoms with Crippen molar-refractivity contribution in [2.75, 3.05) is 0 Å². The summed E-state index contributed by atoms with van der Waals surface area (Å²) in [5.41, 5.74) is 12.0. The number of rotatable bonds is 8. The number of carbonyl (C=O) groups is 3. The molecule has 0 saturated heterocycles. The zero-order valence-corrected chi connectivity index (χ0v) is 26.9. The second kappa shape index (κ2) is 12.3. The van der Waals surface area contributed by atoms with Crippen molar-refractivity contribution in [3.63, 3.8) is 0 Å². The Bertz CT molecular complexity index is 2360. The van der Waals surface area contributed by atoms with Crippen molar-refractivity contribution in [3.8, 4) is 5.69 Å². The van der Waals surface area contributed by atoms with Crippen LogP contribution >= 0.6 is 23.1 Å². The van der Waals surface area contributed by atoms with Gasteiger partial charge in [-0.05, 0) is 97.4 Å². The molecule has 0 atom stereocenters. The van der Waals surface area contributed by atoms with Gasteiger partial charge in [0.25, 0.3) is 0 Å². The van der Waals surface area contributed by atoms with Crippen LogP contribution in [0.2, 0.25) is 0 Å². The molecule has 0 aliphatic rings. The van der Waals surface area contributed by atoms with Gasteiger partial charge in [0, 0.05) is 45.0 Å². The Morgan fingerprint density at radius 2 is 1.38 bits per heavy atom. The van der Waals surface area contributed by atoms with Gasteiger partial charge in [-0.15, -0.1) is 11.3 Å². The molecule has 0 radical (unpaired) electrons. The number of carbonyl (C=O) groups excluding carboxylic acids is 3. The van der Waals surface area contributed by atoms with Crippen LogP contribution in [0.5, 0.6) is 0 Å². The van der Waals surface area contributed by atoms with Crippen LogP contribution in [-0.2, 0) is 9.63 Å². The topological polar surface area (TPSA) is 117 Å². The van der Waals surface area contributed by atoms with E-state index in [4.69, 9.17) is 15.6 Å². The summed E-state index contributed by atoms with van der Waals surface area (Å²) in [5, 5.41) is 5.49. The number of aromatic nitrogens is 2. The number of hydrogen-bond acceptors (Lipinski definition) is 8. The second-order valence-corrected chi connectivity index (χ2v) is 13.2. The summed E-state index contributed by atoms with van der Waals surface area (Å²) in [5.74, 6) is -1.13. The molecule has 2 heterocycles. The third-order valence-corrected chi connectivity index (χ3v) is 9.87. The third-order valence-electron chi connectivity index (χ3n) is 7.76. The van der Waals surface area contributed by atoms with Crippen LogP contribution in [0.1, 0.15) is 45.7 Å². The number of ketones is 1. The van der Waals surface area contributed by atoms with Gasteiger partial charge in [0.2, 0.25) is 5.91 Å². The molecular formula is C37H26N4O4S2. The number of para-hydroxylation sites is 1. The van der Waals surface area contributed by atoms with Gasteiger partial charge in [0.1, 0.15) is 0 Å². The maximum absolute atomic E-state index is 13.7. The van der Waals surface area contributed by atoms with Crippen molar-refractivity contribution in [3.05, 3.63) is 131 Å². The molecule has 0 spiro atoms. The van der Waals surface area contributed by atoms with Crippen LogP contribution in [0.25, 0.3) is 37.7 Å². The maximum Gasteiger partial charge on any atom is 0.331 e. The maximum atomic E-state index is 13.7. The summed E-state index contributed by atoms with van der Waals surface area (Å²) in [6.45, 7) is 3.06. The van der Waals surface area contributed by atoms with Gasteiger partial charge in [-0.25, -0.2) is 9.78 Å². The van der Waals surface area contributed by atoms with E-state index in [1.54, 1.807) is 42.2 Å². The quantitative estimate of drug-likeness (QED) is 0.0765. The Labute approximate surface area is 277 Å². The lowest BCUT2D eigenvalue weighted by Crippen LogP contribution is -2.10. The number of hydrogen-bond donors (Lipinski definition) is 1. The van der Waals surface area contributed by atoms with Crippen LogP contribution in [0.3, 0.4) is 0 Å². The lowest BCUT2D eigenvalue weighted by molar-refractivity contribution is -0.140. The predicted molar refractivity (Wildman–Crippen MR) is 187 cm³/mol. The molecule has 10 heteroatoms. The molecule has 2 aromatic heterocycles. The Morgan fingerprint density at radius 3 is 2.04 bits per heavy atom. The molecule has 8 nitrogen and oxygen atoms in total. The highest BCUT2D eigenvalue weighted by Gasteiger charge is 2.18. The number of primary amides is 1. The summed E-state index contributed by atoms with van der Waals surface area (Å²) >= 11 is 3.21. The number of oxime groups is 1. The minimum Gasteiger partial charge on any atom is -0.366 e. The van der Waals surface area contributed by atoms with Crippen molar-refractivity contribution in [2.45, 2.75) is 23.1 Å². The summed E-state index contributed by atoms with van der Waals surface area (Å²) in [6.07, 6.45) is 0. The van der Waals surface area contributed by atoms with Crippen molar-refractivity contribution >= 4 is 78.5 Å². The molecule has 0 saturated carbocycles. The highest BCUT2D eigenvalue weighted by molar-refractivity contribution is 8.01. The monoisotopic (exact) mass is 654 g/mol. The number of thiazole rings is 1. The summed E-state index contributed by atoms with van der Waals surface area (Å²) in [7, 11) is 0. The van der Waals surface area contributed by atoms with Crippen LogP contribution < -0.4 is 5.73 Å². The number of benzene rings is 5. The van der Waals surface area contributed by atoms with E-state index in [2.05, 4.69) is 15.8 Å². The highest BCUT2D eigenvalue weighted by atomic mass is 32.2. The molecule has 0 fully saturated rings. The molecule has 0 aliphatic heterocycles. The molecule has 1 amide bonds. The number of fused-ring (bicyclic) bond motifs is 4. The van der Waals surface area contributed by atoms with Gasteiger partial charge in [0.05, 0.1) is 27.0 Å². The number of nitrogens with two attached hydrogens (primary N) is 1. The fourth-order valence-electron chi connectivity index (χ4n) is 5.47. The smallest absolute Gasteiger partial charge is 0.331 e. The van der Waals surface area contributed by atoms with E-state index in [1.807, 2.05) is 91.0 Å². The first-order valence-electron chi connectivity index (χ1n) is 14.6. The highest BCUT2D eigenvalue weighted by Crippen LogP contribution is 2.36. The molecule has 7 rings (SSSR count). The third kappa shape index (κ3) is 5.92. The second-order valence-electron chi connectivity index (χ2n) is 10.9. The van der Waals surface area contributed by atoms with Crippen molar-refractivity contribution in [1.82, 2.24) is 9.55 Å². The van der Waals surface area contributed by atoms with E-state index in [1.165, 1.54) is 6.92 Å². The van der Waals surface area contributed by atoms with Crippen LogP contribution in [0, 0.1) is 0 Å². The van der Waals surface area contributed by atoms with E-state index >= 15 is 0 Å². The molecule has 0 aliphatic carbocycles. The van der Waals surface area contributed by atoms with Gasteiger partial charge in [0.15, 0.2) is 10.1 Å². The molecular weight excluding hydrogens is 629 g/mol. The minimum atomic E-state index is -0.532. The Morgan fingerprint density at radius 1 is 0.766 bits per heavy atom. The summed E-state index contributed by atoms with van der Waals surface area (Å²) in [4.78, 5) is 47.5. The Balaban J connectivity index is 1.23. The normalized spacial score (nSPS) is 11.7. The lowest BCUT2D eigenvalue weighted by Gasteiger charge is -2.10. The van der Waals surface area contributed by atoms with Gasteiger partial charge < -0.3 is 15.1 Å². The molecule has 230 valence electrons. The van der Waals surface area contributed by atoms with Gasteiger partial charge in [-0.1, -0.05) is 41.2 Å². The van der Waals surface area contributed by atoms with E-state index in [0.717, 1.165) is 52.5 Å². The SMILES string of the molecule is CC(=O)ON=C(C)c1ccc(-n2c3ccc(C(N)=O)cc3c3cc(C(=O)c4ccc(Sc5nc6ccccc6s5)cc4)ccc32)cc1. The Hall–Kier alpha value is -5.58. The number of amides is 1. The molecule has 2 N–H and O–H groups in total. The predicted octanol–water partition coefficient (Wildman–Crippen LogP) is 8.16. The first kappa shape index (κ1) is 30.1. The lowest BCUT2D eigenvalue weighted by atomic mass is 10.0. The minimum absolute atomic E-state index is 0.109. The summed E-state index contributed by atoms with van der Waals surface area (Å²) in [6, 6.07) is 34.2. The van der Waals surface area contributed by atoms with Crippen LogP contribution in [0.4, 0.5) is 0 Å². The van der Waals surface area contributed by atoms with E-state index in [9.17, 15) is 14.4 Å². The first-order chi connectivity index (χ1) is 22.7. The van der Waals surface area contributed by atoms with E-state index in [-0.39, 0.29) is 5.78 Å². The average Bonchev–Trinajstić information content (AvgIpc) is 3.64. The molecule has 47 heavy (non-hydrogen) atoms. The molecule has 0 bridgehead atoms.